The molecule has 0 heterocycles. The van der Waals surface area contributed by atoms with Gasteiger partial charge in [-0.05, 0) is 43.5 Å². The van der Waals surface area contributed by atoms with E-state index in [0.717, 1.165) is 37.2 Å². The highest BCUT2D eigenvalue weighted by molar-refractivity contribution is 5.94. The third-order valence-corrected chi connectivity index (χ3v) is 4.02. The highest BCUT2D eigenvalue weighted by Crippen LogP contribution is 2.23. The van der Waals surface area contributed by atoms with E-state index in [2.05, 4.69) is 6.92 Å². The minimum absolute atomic E-state index is 0.124. The Balaban J connectivity index is 1.97. The molecule has 1 saturated carbocycles. The van der Waals surface area contributed by atoms with Gasteiger partial charge in [0, 0.05) is 18.7 Å². The maximum absolute atomic E-state index is 12.5. The maximum Gasteiger partial charge on any atom is 0.253 e. The predicted octanol–water partition coefficient (Wildman–Crippen LogP) is 3.88. The molecule has 0 saturated heterocycles. The molecular formula is C17H25NO2. The first-order valence-electron chi connectivity index (χ1n) is 7.72. The summed E-state index contributed by atoms with van der Waals surface area (Å²) in [5.74, 6) is 0.961. The summed E-state index contributed by atoms with van der Waals surface area (Å²) in [6, 6.07) is 7.92. The molecule has 0 spiro atoms. The highest BCUT2D eigenvalue weighted by atomic mass is 16.5. The SMILES string of the molecule is CCCOc1ccc(C(=O)N(C)C2CCCCC2)cc1. The molecule has 1 aromatic rings. The summed E-state index contributed by atoms with van der Waals surface area (Å²) in [5, 5.41) is 0. The predicted molar refractivity (Wildman–Crippen MR) is 81.2 cm³/mol. The Morgan fingerprint density at radius 3 is 2.45 bits per heavy atom. The van der Waals surface area contributed by atoms with E-state index >= 15 is 0 Å². The van der Waals surface area contributed by atoms with Gasteiger partial charge >= 0.3 is 0 Å². The molecule has 0 atom stereocenters. The molecule has 0 bridgehead atoms. The summed E-state index contributed by atoms with van der Waals surface area (Å²) >= 11 is 0. The van der Waals surface area contributed by atoms with Crippen LogP contribution < -0.4 is 4.74 Å². The first kappa shape index (κ1) is 14.9. The molecule has 0 N–H and O–H groups in total. The molecule has 1 aliphatic rings. The zero-order chi connectivity index (χ0) is 14.4. The average molecular weight is 275 g/mol. The lowest BCUT2D eigenvalue weighted by Crippen LogP contribution is -2.38. The number of nitrogens with zero attached hydrogens (tertiary/aromatic N) is 1. The molecule has 1 aliphatic carbocycles. The van der Waals surface area contributed by atoms with Gasteiger partial charge in [0.15, 0.2) is 0 Å². The minimum atomic E-state index is 0.124. The number of carbonyl (C=O) groups excluding carboxylic acids is 1. The van der Waals surface area contributed by atoms with Gasteiger partial charge in [0.05, 0.1) is 6.61 Å². The molecule has 0 aromatic heterocycles. The lowest BCUT2D eigenvalue weighted by molar-refractivity contribution is 0.0696. The third kappa shape index (κ3) is 3.75. The van der Waals surface area contributed by atoms with Gasteiger partial charge in [-0.2, -0.15) is 0 Å². The van der Waals surface area contributed by atoms with E-state index in [4.69, 9.17) is 4.74 Å². The van der Waals surface area contributed by atoms with Gasteiger partial charge in [-0.3, -0.25) is 4.79 Å². The van der Waals surface area contributed by atoms with Crippen LogP contribution in [-0.4, -0.2) is 30.5 Å². The van der Waals surface area contributed by atoms with E-state index in [1.165, 1.54) is 19.3 Å². The fourth-order valence-electron chi connectivity index (χ4n) is 2.75. The topological polar surface area (TPSA) is 29.5 Å². The van der Waals surface area contributed by atoms with Crippen molar-refractivity contribution >= 4 is 5.91 Å². The molecule has 0 aliphatic heterocycles. The summed E-state index contributed by atoms with van der Waals surface area (Å²) in [6.45, 7) is 2.80. The number of hydrogen-bond donors (Lipinski definition) is 0. The number of hydrogen-bond acceptors (Lipinski definition) is 2. The number of carbonyl (C=O) groups is 1. The Kier molecular flexibility index (Phi) is 5.45. The van der Waals surface area contributed by atoms with Crippen molar-refractivity contribution in [2.45, 2.75) is 51.5 Å². The number of amides is 1. The molecule has 1 aromatic carbocycles. The molecule has 3 heteroatoms. The molecule has 1 fully saturated rings. The van der Waals surface area contributed by atoms with Gasteiger partial charge in [-0.15, -0.1) is 0 Å². The number of benzene rings is 1. The van der Waals surface area contributed by atoms with Crippen molar-refractivity contribution in [1.29, 1.82) is 0 Å². The third-order valence-electron chi connectivity index (χ3n) is 4.02. The summed E-state index contributed by atoms with van der Waals surface area (Å²) in [7, 11) is 1.93. The Labute approximate surface area is 121 Å². The van der Waals surface area contributed by atoms with Crippen LogP contribution in [0.2, 0.25) is 0 Å². The van der Waals surface area contributed by atoms with Crippen molar-refractivity contribution in [2.24, 2.45) is 0 Å². The van der Waals surface area contributed by atoms with Crippen LogP contribution in [0.15, 0.2) is 24.3 Å². The van der Waals surface area contributed by atoms with Gasteiger partial charge in [-0.25, -0.2) is 0 Å². The number of ether oxygens (including phenoxy) is 1. The van der Waals surface area contributed by atoms with E-state index in [9.17, 15) is 4.79 Å². The largest absolute Gasteiger partial charge is 0.494 e. The molecule has 0 radical (unpaired) electrons. The van der Waals surface area contributed by atoms with Gasteiger partial charge in [0.25, 0.3) is 5.91 Å². The van der Waals surface area contributed by atoms with Crippen molar-refractivity contribution in [2.75, 3.05) is 13.7 Å². The van der Waals surface area contributed by atoms with Crippen molar-refractivity contribution in [3.8, 4) is 5.75 Å². The lowest BCUT2D eigenvalue weighted by Gasteiger charge is -2.31. The van der Waals surface area contributed by atoms with Gasteiger partial charge < -0.3 is 9.64 Å². The van der Waals surface area contributed by atoms with Crippen LogP contribution in [-0.2, 0) is 0 Å². The normalized spacial score (nSPS) is 15.9. The maximum atomic E-state index is 12.5. The van der Waals surface area contributed by atoms with Gasteiger partial charge in [0.2, 0.25) is 0 Å². The van der Waals surface area contributed by atoms with E-state index < -0.39 is 0 Å². The summed E-state index contributed by atoms with van der Waals surface area (Å²) in [6.07, 6.45) is 7.06. The van der Waals surface area contributed by atoms with Crippen LogP contribution in [0, 0.1) is 0 Å². The molecule has 110 valence electrons. The molecule has 1 amide bonds. The van der Waals surface area contributed by atoms with E-state index in [1.54, 1.807) is 0 Å². The zero-order valence-electron chi connectivity index (χ0n) is 12.6. The van der Waals surface area contributed by atoms with Crippen molar-refractivity contribution < 1.29 is 9.53 Å². The summed E-state index contributed by atoms with van der Waals surface area (Å²) < 4.78 is 5.54. The lowest BCUT2D eigenvalue weighted by atomic mass is 9.94. The minimum Gasteiger partial charge on any atom is -0.494 e. The Morgan fingerprint density at radius 2 is 1.85 bits per heavy atom. The standard InChI is InChI=1S/C17H25NO2/c1-3-13-20-16-11-9-14(10-12-16)17(19)18(2)15-7-5-4-6-8-15/h9-12,15H,3-8,13H2,1-2H3. The van der Waals surface area contributed by atoms with Crippen molar-refractivity contribution in [3.05, 3.63) is 29.8 Å². The number of rotatable bonds is 5. The molecule has 2 rings (SSSR count). The summed E-state index contributed by atoms with van der Waals surface area (Å²) in [4.78, 5) is 14.4. The van der Waals surface area contributed by atoms with Crippen LogP contribution in [0.3, 0.4) is 0 Å². The molecule has 0 unspecified atom stereocenters. The average Bonchev–Trinajstić information content (AvgIpc) is 2.53. The molecular weight excluding hydrogens is 250 g/mol. The van der Waals surface area contributed by atoms with Gasteiger partial charge in [0.1, 0.15) is 5.75 Å². The fourth-order valence-corrected chi connectivity index (χ4v) is 2.75. The molecule has 3 nitrogen and oxygen atoms in total. The quantitative estimate of drug-likeness (QED) is 0.816. The Morgan fingerprint density at radius 1 is 1.20 bits per heavy atom. The zero-order valence-corrected chi connectivity index (χ0v) is 12.6. The van der Waals surface area contributed by atoms with E-state index in [1.807, 2.05) is 36.2 Å². The second-order valence-corrected chi connectivity index (χ2v) is 5.58. The fraction of sp³-hybridized carbons (Fsp3) is 0.588. The van der Waals surface area contributed by atoms with Crippen LogP contribution in [0.1, 0.15) is 55.8 Å². The van der Waals surface area contributed by atoms with Crippen LogP contribution >= 0.6 is 0 Å². The van der Waals surface area contributed by atoms with Gasteiger partial charge in [-0.1, -0.05) is 26.2 Å². The second-order valence-electron chi connectivity index (χ2n) is 5.58. The van der Waals surface area contributed by atoms with E-state index in [0.29, 0.717) is 6.04 Å². The van der Waals surface area contributed by atoms with Crippen molar-refractivity contribution in [3.63, 3.8) is 0 Å². The Hall–Kier alpha value is -1.51. The van der Waals surface area contributed by atoms with Crippen LogP contribution in [0.4, 0.5) is 0 Å². The smallest absolute Gasteiger partial charge is 0.253 e. The van der Waals surface area contributed by atoms with E-state index in [-0.39, 0.29) is 5.91 Å². The highest BCUT2D eigenvalue weighted by Gasteiger charge is 2.22. The molecule has 20 heavy (non-hydrogen) atoms. The van der Waals surface area contributed by atoms with Crippen molar-refractivity contribution in [1.82, 2.24) is 4.90 Å². The summed E-state index contributed by atoms with van der Waals surface area (Å²) in [5.41, 5.74) is 0.752. The monoisotopic (exact) mass is 275 g/mol. The van der Waals surface area contributed by atoms with Crippen LogP contribution in [0.5, 0.6) is 5.75 Å². The first-order chi connectivity index (χ1) is 9.72. The Bertz CT molecular complexity index is 421. The van der Waals surface area contributed by atoms with Crippen LogP contribution in [0.25, 0.3) is 0 Å². The second kappa shape index (κ2) is 7.32. The first-order valence-corrected chi connectivity index (χ1v) is 7.72.